The van der Waals surface area contributed by atoms with Crippen LogP contribution in [0.15, 0.2) is 48.5 Å². The number of hydrogen-bond acceptors (Lipinski definition) is 1. The normalized spacial score (nSPS) is 15.0. The maximum absolute atomic E-state index is 12.6. The molecule has 3 rings (SSSR count). The third-order valence-electron chi connectivity index (χ3n) is 4.62. The predicted molar refractivity (Wildman–Crippen MR) is 98.1 cm³/mol. The van der Waals surface area contributed by atoms with Gasteiger partial charge in [0.1, 0.15) is 0 Å². The Morgan fingerprint density at radius 2 is 1.88 bits per heavy atom. The van der Waals surface area contributed by atoms with Crippen LogP contribution < -0.4 is 5.32 Å². The highest BCUT2D eigenvalue weighted by atomic mass is 35.5. The lowest BCUT2D eigenvalue weighted by Crippen LogP contribution is -2.39. The van der Waals surface area contributed by atoms with Gasteiger partial charge in [-0.25, -0.2) is 4.79 Å². The fourth-order valence-corrected chi connectivity index (χ4v) is 3.06. The summed E-state index contributed by atoms with van der Waals surface area (Å²) >= 11 is 5.98. The first-order chi connectivity index (χ1) is 11.5. The van der Waals surface area contributed by atoms with Gasteiger partial charge in [0.15, 0.2) is 0 Å². The smallest absolute Gasteiger partial charge is 0.317 e. The van der Waals surface area contributed by atoms with E-state index >= 15 is 0 Å². The molecule has 2 aromatic rings. The number of hydrogen-bond donors (Lipinski definition) is 1. The van der Waals surface area contributed by atoms with Gasteiger partial charge in [0.25, 0.3) is 0 Å². The first-order valence-electron chi connectivity index (χ1n) is 8.36. The van der Waals surface area contributed by atoms with Crippen LogP contribution >= 0.6 is 11.6 Å². The van der Waals surface area contributed by atoms with Crippen molar-refractivity contribution < 1.29 is 4.79 Å². The standard InChI is InChI=1S/C20H23ClN2O/c1-14-5-3-4-6-17(14)13-23(2)20(24)22-19(15-7-8-15)16-9-11-18(21)12-10-16/h3-6,9-12,15,19H,7-8,13H2,1-2H3,(H,22,24). The number of amides is 2. The van der Waals surface area contributed by atoms with Gasteiger partial charge in [-0.05, 0) is 54.5 Å². The number of nitrogens with one attached hydrogen (secondary N) is 1. The zero-order valence-corrected chi connectivity index (χ0v) is 14.9. The maximum atomic E-state index is 12.6. The van der Waals surface area contributed by atoms with Crippen LogP contribution in [0.4, 0.5) is 4.79 Å². The highest BCUT2D eigenvalue weighted by Gasteiger charge is 2.34. The summed E-state index contributed by atoms with van der Waals surface area (Å²) < 4.78 is 0. The van der Waals surface area contributed by atoms with Crippen molar-refractivity contribution in [3.63, 3.8) is 0 Å². The van der Waals surface area contributed by atoms with Crippen LogP contribution in [0.2, 0.25) is 5.02 Å². The molecule has 1 N–H and O–H groups in total. The fourth-order valence-electron chi connectivity index (χ4n) is 2.93. The van der Waals surface area contributed by atoms with Gasteiger partial charge >= 0.3 is 6.03 Å². The van der Waals surface area contributed by atoms with E-state index in [1.54, 1.807) is 4.90 Å². The van der Waals surface area contributed by atoms with Gasteiger partial charge in [-0.3, -0.25) is 0 Å². The Hall–Kier alpha value is -2.00. The van der Waals surface area contributed by atoms with Gasteiger partial charge in [0, 0.05) is 18.6 Å². The summed E-state index contributed by atoms with van der Waals surface area (Å²) in [6, 6.07) is 16.0. The van der Waals surface area contributed by atoms with E-state index < -0.39 is 0 Å². The second-order valence-corrected chi connectivity index (χ2v) is 7.04. The molecular weight excluding hydrogens is 320 g/mol. The molecule has 0 spiro atoms. The van der Waals surface area contributed by atoms with E-state index in [9.17, 15) is 4.79 Å². The lowest BCUT2D eigenvalue weighted by atomic mass is 10.0. The third-order valence-corrected chi connectivity index (χ3v) is 4.87. The summed E-state index contributed by atoms with van der Waals surface area (Å²) in [5.41, 5.74) is 3.50. The second kappa shape index (κ2) is 7.27. The number of benzene rings is 2. The number of halogens is 1. The molecule has 0 aliphatic heterocycles. The molecule has 2 aromatic carbocycles. The van der Waals surface area contributed by atoms with Crippen LogP contribution in [0.25, 0.3) is 0 Å². The predicted octanol–water partition coefficient (Wildman–Crippen LogP) is 4.94. The minimum Gasteiger partial charge on any atom is -0.331 e. The Morgan fingerprint density at radius 1 is 1.21 bits per heavy atom. The first kappa shape index (κ1) is 16.8. The fraction of sp³-hybridized carbons (Fsp3) is 0.350. The van der Waals surface area contributed by atoms with E-state index in [2.05, 4.69) is 24.4 Å². The van der Waals surface area contributed by atoms with Crippen LogP contribution in [0.1, 0.15) is 35.6 Å². The number of carbonyl (C=O) groups is 1. The molecule has 2 amide bonds. The Labute approximate surface area is 148 Å². The molecule has 1 aliphatic rings. The number of carbonyl (C=O) groups excluding carboxylic acids is 1. The second-order valence-electron chi connectivity index (χ2n) is 6.60. The van der Waals surface area contributed by atoms with Crippen molar-refractivity contribution in [2.24, 2.45) is 5.92 Å². The van der Waals surface area contributed by atoms with E-state index in [4.69, 9.17) is 11.6 Å². The number of aryl methyl sites for hydroxylation is 1. The van der Waals surface area contributed by atoms with E-state index in [1.165, 1.54) is 11.1 Å². The molecule has 126 valence electrons. The third kappa shape index (κ3) is 4.09. The van der Waals surface area contributed by atoms with Crippen LogP contribution in [-0.2, 0) is 6.54 Å². The lowest BCUT2D eigenvalue weighted by Gasteiger charge is -2.24. The van der Waals surface area contributed by atoms with E-state index in [0.717, 1.165) is 23.4 Å². The Morgan fingerprint density at radius 3 is 2.50 bits per heavy atom. The quantitative estimate of drug-likeness (QED) is 0.820. The lowest BCUT2D eigenvalue weighted by molar-refractivity contribution is 0.201. The topological polar surface area (TPSA) is 32.3 Å². The van der Waals surface area contributed by atoms with Crippen LogP contribution in [-0.4, -0.2) is 18.0 Å². The Kier molecular flexibility index (Phi) is 5.10. The molecule has 1 aliphatic carbocycles. The van der Waals surface area contributed by atoms with E-state index in [-0.39, 0.29) is 12.1 Å². The van der Waals surface area contributed by atoms with Crippen LogP contribution in [0, 0.1) is 12.8 Å². The largest absolute Gasteiger partial charge is 0.331 e. The summed E-state index contributed by atoms with van der Waals surface area (Å²) in [6.45, 7) is 2.68. The molecule has 0 radical (unpaired) electrons. The number of urea groups is 1. The molecule has 0 heterocycles. The van der Waals surface area contributed by atoms with Crippen molar-refractivity contribution in [3.8, 4) is 0 Å². The van der Waals surface area contributed by atoms with Gasteiger partial charge < -0.3 is 10.2 Å². The summed E-state index contributed by atoms with van der Waals surface area (Å²) in [6.07, 6.45) is 2.32. The van der Waals surface area contributed by atoms with Crippen LogP contribution in [0.3, 0.4) is 0 Å². The highest BCUT2D eigenvalue weighted by molar-refractivity contribution is 6.30. The summed E-state index contributed by atoms with van der Waals surface area (Å²) in [5.74, 6) is 0.530. The van der Waals surface area contributed by atoms with Crippen molar-refractivity contribution in [2.45, 2.75) is 32.4 Å². The Bertz CT molecular complexity index is 710. The van der Waals surface area contributed by atoms with E-state index in [0.29, 0.717) is 12.5 Å². The molecular formula is C20H23ClN2O. The van der Waals surface area contributed by atoms with Gasteiger partial charge in [-0.15, -0.1) is 0 Å². The zero-order chi connectivity index (χ0) is 17.1. The molecule has 0 bridgehead atoms. The molecule has 4 heteroatoms. The van der Waals surface area contributed by atoms with E-state index in [1.807, 2.05) is 43.4 Å². The number of rotatable bonds is 5. The minimum atomic E-state index is -0.0369. The van der Waals surface area contributed by atoms with Crippen molar-refractivity contribution in [1.82, 2.24) is 10.2 Å². The first-order valence-corrected chi connectivity index (χ1v) is 8.74. The monoisotopic (exact) mass is 342 g/mol. The Balaban J connectivity index is 1.67. The van der Waals surface area contributed by atoms with Crippen molar-refractivity contribution in [3.05, 3.63) is 70.2 Å². The van der Waals surface area contributed by atoms with Gasteiger partial charge in [0.05, 0.1) is 6.04 Å². The highest BCUT2D eigenvalue weighted by Crippen LogP contribution is 2.41. The molecule has 1 unspecified atom stereocenters. The molecule has 0 aromatic heterocycles. The summed E-state index contributed by atoms with van der Waals surface area (Å²) in [4.78, 5) is 14.4. The minimum absolute atomic E-state index is 0.0369. The molecule has 0 saturated heterocycles. The molecule has 24 heavy (non-hydrogen) atoms. The molecule has 1 saturated carbocycles. The summed E-state index contributed by atoms with van der Waals surface area (Å²) in [5, 5.41) is 3.92. The maximum Gasteiger partial charge on any atom is 0.317 e. The molecule has 1 fully saturated rings. The summed E-state index contributed by atoms with van der Waals surface area (Å²) in [7, 11) is 1.84. The van der Waals surface area contributed by atoms with Crippen LogP contribution in [0.5, 0.6) is 0 Å². The van der Waals surface area contributed by atoms with Crippen molar-refractivity contribution in [1.29, 1.82) is 0 Å². The van der Waals surface area contributed by atoms with Gasteiger partial charge in [-0.1, -0.05) is 48.0 Å². The molecule has 1 atom stereocenters. The number of nitrogens with zero attached hydrogens (tertiary/aromatic N) is 1. The molecule has 3 nitrogen and oxygen atoms in total. The average molecular weight is 343 g/mol. The zero-order valence-electron chi connectivity index (χ0n) is 14.1. The average Bonchev–Trinajstić information content (AvgIpc) is 3.40. The van der Waals surface area contributed by atoms with Gasteiger partial charge in [-0.2, -0.15) is 0 Å². The van der Waals surface area contributed by atoms with Crippen molar-refractivity contribution in [2.75, 3.05) is 7.05 Å². The van der Waals surface area contributed by atoms with Crippen molar-refractivity contribution >= 4 is 17.6 Å². The van der Waals surface area contributed by atoms with Gasteiger partial charge in [0.2, 0.25) is 0 Å². The SMILES string of the molecule is Cc1ccccc1CN(C)C(=O)NC(c1ccc(Cl)cc1)C1CC1.